The molecular weight excluding hydrogens is 300 g/mol. The van der Waals surface area contributed by atoms with Gasteiger partial charge in [0, 0.05) is 12.1 Å². The molecule has 2 N–H and O–H groups in total. The van der Waals surface area contributed by atoms with Crippen LogP contribution in [0.15, 0.2) is 48.5 Å². The number of carbonyl (C=O) groups is 1. The number of carbonyl (C=O) groups excluding carboxylic acids is 1. The Kier molecular flexibility index (Phi) is 4.32. The van der Waals surface area contributed by atoms with Crippen molar-refractivity contribution in [3.05, 3.63) is 54.1 Å². The van der Waals surface area contributed by atoms with Crippen molar-refractivity contribution in [2.24, 2.45) is 0 Å². The molecule has 0 bridgehead atoms. The molecule has 0 saturated heterocycles. The summed E-state index contributed by atoms with van der Waals surface area (Å²) in [4.78, 5) is 16.3. The lowest BCUT2D eigenvalue weighted by atomic mass is 10.2. The van der Waals surface area contributed by atoms with Crippen LogP contribution < -0.4 is 10.1 Å². The van der Waals surface area contributed by atoms with Crippen LogP contribution in [0.4, 0.5) is 0 Å². The van der Waals surface area contributed by atoms with Gasteiger partial charge < -0.3 is 15.2 Å². The van der Waals surface area contributed by atoms with E-state index in [1.807, 2.05) is 30.3 Å². The minimum atomic E-state index is -0.213. The smallest absolute Gasteiger partial charge is 0.279 e. The maximum absolute atomic E-state index is 11.9. The van der Waals surface area contributed by atoms with Gasteiger partial charge in [-0.05, 0) is 30.3 Å². The van der Waals surface area contributed by atoms with Gasteiger partial charge in [0.25, 0.3) is 11.1 Å². The normalized spacial score (nSPS) is 10.6. The minimum absolute atomic E-state index is 0.0798. The molecule has 0 unspecified atom stereocenters. The van der Waals surface area contributed by atoms with Gasteiger partial charge in [0.2, 0.25) is 0 Å². The van der Waals surface area contributed by atoms with Gasteiger partial charge in [-0.25, -0.2) is 4.98 Å². The maximum atomic E-state index is 11.9. The molecule has 22 heavy (non-hydrogen) atoms. The van der Waals surface area contributed by atoms with Crippen molar-refractivity contribution in [3.63, 3.8) is 0 Å². The fourth-order valence-electron chi connectivity index (χ4n) is 1.95. The number of rotatable bonds is 5. The molecule has 0 spiro atoms. The number of aliphatic hydroxyl groups is 1. The van der Waals surface area contributed by atoms with Crippen LogP contribution in [0.5, 0.6) is 10.9 Å². The molecule has 0 saturated carbocycles. The Morgan fingerprint density at radius 3 is 2.82 bits per heavy atom. The zero-order valence-electron chi connectivity index (χ0n) is 11.7. The van der Waals surface area contributed by atoms with E-state index < -0.39 is 0 Å². The Balaban J connectivity index is 1.82. The van der Waals surface area contributed by atoms with Crippen LogP contribution in [0, 0.1) is 0 Å². The molecule has 112 valence electrons. The van der Waals surface area contributed by atoms with Gasteiger partial charge in [-0.3, -0.25) is 4.79 Å². The number of ether oxygens (including phenoxy) is 1. The maximum Gasteiger partial charge on any atom is 0.279 e. The number of thiazole rings is 1. The van der Waals surface area contributed by atoms with Gasteiger partial charge >= 0.3 is 0 Å². The van der Waals surface area contributed by atoms with Gasteiger partial charge in [-0.1, -0.05) is 29.5 Å². The molecule has 6 heteroatoms. The summed E-state index contributed by atoms with van der Waals surface area (Å²) in [6.07, 6.45) is 0. The molecule has 0 aliphatic heterocycles. The molecule has 0 aliphatic rings. The van der Waals surface area contributed by atoms with Crippen LogP contribution in [0.25, 0.3) is 10.2 Å². The third-order valence-corrected chi connectivity index (χ3v) is 3.87. The number of aliphatic hydroxyl groups excluding tert-OH is 1. The summed E-state index contributed by atoms with van der Waals surface area (Å²) in [7, 11) is 0. The fourth-order valence-corrected chi connectivity index (χ4v) is 2.82. The average molecular weight is 314 g/mol. The first-order chi connectivity index (χ1) is 10.8. The number of amides is 1. The molecule has 0 aliphatic carbocycles. The predicted molar refractivity (Wildman–Crippen MR) is 85.6 cm³/mol. The Morgan fingerprint density at radius 1 is 1.23 bits per heavy atom. The zero-order chi connectivity index (χ0) is 15.4. The van der Waals surface area contributed by atoms with Gasteiger partial charge in [0.15, 0.2) is 0 Å². The lowest BCUT2D eigenvalue weighted by molar-refractivity contribution is 0.0945. The number of aromatic nitrogens is 1. The quantitative estimate of drug-likeness (QED) is 0.759. The number of hydrogen-bond acceptors (Lipinski definition) is 5. The van der Waals surface area contributed by atoms with Crippen molar-refractivity contribution in [3.8, 4) is 10.9 Å². The van der Waals surface area contributed by atoms with Crippen molar-refractivity contribution < 1.29 is 14.6 Å². The molecule has 1 heterocycles. The van der Waals surface area contributed by atoms with Crippen LogP contribution in [-0.2, 0) is 0 Å². The second kappa shape index (κ2) is 6.55. The van der Waals surface area contributed by atoms with E-state index in [0.717, 1.165) is 16.0 Å². The fraction of sp³-hybridized carbons (Fsp3) is 0.125. The highest BCUT2D eigenvalue weighted by molar-refractivity contribution is 7.20. The Morgan fingerprint density at radius 2 is 2.05 bits per heavy atom. The standard InChI is InChI=1S/C16H14N2O3S/c19-9-8-17-15(20)11-6-7-13-14(10-11)22-16(18-13)21-12-4-2-1-3-5-12/h1-7,10,19H,8-9H2,(H,17,20). The first-order valence-electron chi connectivity index (χ1n) is 6.79. The van der Waals surface area contributed by atoms with Crippen LogP contribution >= 0.6 is 11.3 Å². The molecule has 0 radical (unpaired) electrons. The van der Waals surface area contributed by atoms with E-state index in [4.69, 9.17) is 9.84 Å². The number of nitrogens with zero attached hydrogens (tertiary/aromatic N) is 1. The summed E-state index contributed by atoms with van der Waals surface area (Å²) >= 11 is 1.38. The molecule has 0 fully saturated rings. The summed E-state index contributed by atoms with van der Waals surface area (Å²) in [5, 5.41) is 11.9. The van der Waals surface area contributed by atoms with E-state index in [1.54, 1.807) is 18.2 Å². The number of fused-ring (bicyclic) bond motifs is 1. The number of nitrogens with one attached hydrogen (secondary N) is 1. The molecule has 0 atom stereocenters. The van der Waals surface area contributed by atoms with E-state index in [1.165, 1.54) is 11.3 Å². The van der Waals surface area contributed by atoms with Crippen LogP contribution in [0.2, 0.25) is 0 Å². The molecule has 1 amide bonds. The molecule has 2 aromatic carbocycles. The van der Waals surface area contributed by atoms with Crippen molar-refractivity contribution >= 4 is 27.5 Å². The molecule has 3 aromatic rings. The van der Waals surface area contributed by atoms with Crippen molar-refractivity contribution in [1.29, 1.82) is 0 Å². The topological polar surface area (TPSA) is 71.5 Å². The van der Waals surface area contributed by atoms with E-state index in [9.17, 15) is 4.79 Å². The Labute approximate surface area is 131 Å². The highest BCUT2D eigenvalue weighted by Gasteiger charge is 2.10. The van der Waals surface area contributed by atoms with Crippen molar-refractivity contribution in [1.82, 2.24) is 10.3 Å². The third-order valence-electron chi connectivity index (χ3n) is 2.98. The first-order valence-corrected chi connectivity index (χ1v) is 7.60. The highest BCUT2D eigenvalue weighted by atomic mass is 32.1. The summed E-state index contributed by atoms with van der Waals surface area (Å²) in [5.41, 5.74) is 1.32. The highest BCUT2D eigenvalue weighted by Crippen LogP contribution is 2.31. The predicted octanol–water partition coefficient (Wildman–Crippen LogP) is 2.81. The molecular formula is C16H14N2O3S. The Hall–Kier alpha value is -2.44. The van der Waals surface area contributed by atoms with Crippen LogP contribution in [0.3, 0.4) is 0 Å². The zero-order valence-corrected chi connectivity index (χ0v) is 12.5. The summed E-state index contributed by atoms with van der Waals surface area (Å²) < 4.78 is 6.58. The lowest BCUT2D eigenvalue weighted by Gasteiger charge is -2.02. The van der Waals surface area contributed by atoms with Crippen LogP contribution in [0.1, 0.15) is 10.4 Å². The number of hydrogen-bond donors (Lipinski definition) is 2. The minimum Gasteiger partial charge on any atom is -0.431 e. The van der Waals surface area contributed by atoms with E-state index >= 15 is 0 Å². The average Bonchev–Trinajstić information content (AvgIpc) is 2.94. The van der Waals surface area contributed by atoms with E-state index in [2.05, 4.69) is 10.3 Å². The van der Waals surface area contributed by atoms with Crippen molar-refractivity contribution in [2.45, 2.75) is 0 Å². The van der Waals surface area contributed by atoms with E-state index in [0.29, 0.717) is 10.8 Å². The van der Waals surface area contributed by atoms with Crippen LogP contribution in [-0.4, -0.2) is 29.1 Å². The number of para-hydroxylation sites is 1. The summed E-state index contributed by atoms with van der Waals surface area (Å²) in [6.45, 7) is 0.158. The second-order valence-electron chi connectivity index (χ2n) is 4.56. The largest absolute Gasteiger partial charge is 0.431 e. The van der Waals surface area contributed by atoms with E-state index in [-0.39, 0.29) is 19.1 Å². The van der Waals surface area contributed by atoms with Gasteiger partial charge in [-0.2, -0.15) is 0 Å². The van der Waals surface area contributed by atoms with Gasteiger partial charge in [0.1, 0.15) is 5.75 Å². The van der Waals surface area contributed by atoms with Gasteiger partial charge in [-0.15, -0.1) is 0 Å². The molecule has 1 aromatic heterocycles. The lowest BCUT2D eigenvalue weighted by Crippen LogP contribution is -2.26. The third kappa shape index (κ3) is 3.24. The molecule has 3 rings (SSSR count). The Bertz CT molecular complexity index is 786. The second-order valence-corrected chi connectivity index (χ2v) is 5.55. The van der Waals surface area contributed by atoms with Gasteiger partial charge in [0.05, 0.1) is 16.8 Å². The number of benzene rings is 2. The summed E-state index contributed by atoms with van der Waals surface area (Å²) in [6, 6.07) is 14.7. The van der Waals surface area contributed by atoms with Crippen molar-refractivity contribution in [2.75, 3.05) is 13.2 Å². The SMILES string of the molecule is O=C(NCCO)c1ccc2nc(Oc3ccccc3)sc2c1. The summed E-state index contributed by atoms with van der Waals surface area (Å²) in [5.74, 6) is 0.511. The molecule has 5 nitrogen and oxygen atoms in total. The monoisotopic (exact) mass is 314 g/mol. The first kappa shape index (κ1) is 14.5.